The van der Waals surface area contributed by atoms with Crippen LogP contribution < -0.4 is 9.46 Å². The Labute approximate surface area is 233 Å². The second kappa shape index (κ2) is 11.0. The number of benzene rings is 1. The number of hydrogen-bond acceptors (Lipinski definition) is 9. The summed E-state index contributed by atoms with van der Waals surface area (Å²) in [5, 5.41) is 7.29. The van der Waals surface area contributed by atoms with Gasteiger partial charge in [-0.05, 0) is 39.0 Å². The van der Waals surface area contributed by atoms with E-state index in [1.54, 1.807) is 26.0 Å². The van der Waals surface area contributed by atoms with Crippen LogP contribution in [-0.4, -0.2) is 56.1 Å². The lowest BCUT2D eigenvalue weighted by molar-refractivity contribution is 0.00154. The number of rotatable bonds is 8. The maximum Gasteiger partial charge on any atom is 0.240 e. The van der Waals surface area contributed by atoms with Gasteiger partial charge < -0.3 is 9.47 Å². The van der Waals surface area contributed by atoms with Gasteiger partial charge in [0.1, 0.15) is 47.1 Å². The molecule has 0 fully saturated rings. The van der Waals surface area contributed by atoms with Crippen LogP contribution >= 0.6 is 11.6 Å². The summed E-state index contributed by atoms with van der Waals surface area (Å²) in [6.45, 7) is 4.79. The summed E-state index contributed by atoms with van der Waals surface area (Å²) in [5.74, 6) is -1.25. The topological polar surface area (TPSA) is 134 Å². The van der Waals surface area contributed by atoms with Gasteiger partial charge in [-0.3, -0.25) is 9.29 Å². The third kappa shape index (κ3) is 5.46. The van der Waals surface area contributed by atoms with E-state index in [1.165, 1.54) is 36.1 Å². The van der Waals surface area contributed by atoms with Crippen molar-refractivity contribution in [2.75, 3.05) is 11.3 Å². The van der Waals surface area contributed by atoms with Crippen molar-refractivity contribution in [1.82, 2.24) is 29.7 Å². The van der Waals surface area contributed by atoms with Crippen molar-refractivity contribution in [2.45, 2.75) is 44.3 Å². The molecule has 3 aromatic heterocycles. The molecule has 1 aliphatic heterocycles. The third-order valence-corrected chi connectivity index (χ3v) is 8.06. The molecule has 0 amide bonds. The number of halogens is 3. The fourth-order valence-corrected chi connectivity index (χ4v) is 5.45. The largest absolute Gasteiger partial charge is 0.489 e. The molecular weight excluding hydrogens is 568 g/mol. The molecule has 3 atom stereocenters. The van der Waals surface area contributed by atoms with Crippen molar-refractivity contribution >= 4 is 27.6 Å². The predicted octanol–water partition coefficient (Wildman–Crippen LogP) is 4.34. The van der Waals surface area contributed by atoms with Gasteiger partial charge in [0.2, 0.25) is 16.0 Å². The highest BCUT2D eigenvalue weighted by molar-refractivity contribution is 7.93. The lowest BCUT2D eigenvalue weighted by atomic mass is 10.1. The number of hydrogen-bond donors (Lipinski definition) is 1. The van der Waals surface area contributed by atoms with Crippen molar-refractivity contribution in [2.24, 2.45) is 0 Å². The molecule has 0 radical (unpaired) electrons. The van der Waals surface area contributed by atoms with Crippen LogP contribution in [0.2, 0.25) is 5.02 Å². The van der Waals surface area contributed by atoms with Gasteiger partial charge in [-0.1, -0.05) is 17.7 Å². The Morgan fingerprint density at radius 2 is 1.88 bits per heavy atom. The lowest BCUT2D eigenvalue weighted by Gasteiger charge is -2.26. The number of nitrogens with one attached hydrogen (secondary N) is 1. The lowest BCUT2D eigenvalue weighted by Crippen LogP contribution is -2.35. The Morgan fingerprint density at radius 1 is 1.12 bits per heavy atom. The van der Waals surface area contributed by atoms with E-state index in [-0.39, 0.29) is 46.6 Å². The molecular formula is C25H24ClF2N7O4S. The number of sulfonamides is 1. The molecule has 4 heterocycles. The molecule has 40 heavy (non-hydrogen) atoms. The number of aromatic nitrogens is 6. The first-order valence-electron chi connectivity index (χ1n) is 12.2. The summed E-state index contributed by atoms with van der Waals surface area (Å²) in [7, 11) is -4.26. The summed E-state index contributed by atoms with van der Waals surface area (Å²) in [6, 6.07) is 5.42. The Balaban J connectivity index is 1.58. The Hall–Kier alpha value is -3.75. The van der Waals surface area contributed by atoms with Gasteiger partial charge in [0.15, 0.2) is 11.6 Å². The first kappa shape index (κ1) is 27.8. The minimum absolute atomic E-state index is 0.0411. The van der Waals surface area contributed by atoms with Crippen LogP contribution in [0.15, 0.2) is 48.9 Å². The standard InChI is InChI=1S/C25H24ClF2N7O4S/c1-13(2)39-22(23-30-10-15(26)11-31-23)14(3)40(36,37)34-25-33-32-24-21-20(5-4-8-29-21)38-12-19(35(24)25)17-7-6-16(27)9-18(17)28/h4-11,13-14,19,22H,12H2,1-3H3,(H,33,34)/t14-,19-,22+/m0/s1. The summed E-state index contributed by atoms with van der Waals surface area (Å²) >= 11 is 5.91. The average Bonchev–Trinajstić information content (AvgIpc) is 3.23. The van der Waals surface area contributed by atoms with Crippen molar-refractivity contribution in [3.63, 3.8) is 0 Å². The van der Waals surface area contributed by atoms with E-state index in [0.29, 0.717) is 5.75 Å². The molecule has 1 N–H and O–H groups in total. The summed E-state index contributed by atoms with van der Waals surface area (Å²) in [6.07, 6.45) is 2.76. The third-order valence-electron chi connectivity index (χ3n) is 6.17. The fourth-order valence-electron chi connectivity index (χ4n) is 4.26. The molecule has 0 saturated carbocycles. The molecule has 5 rings (SSSR count). The number of nitrogens with zero attached hydrogens (tertiary/aromatic N) is 6. The highest BCUT2D eigenvalue weighted by atomic mass is 35.5. The zero-order chi connectivity index (χ0) is 28.6. The maximum absolute atomic E-state index is 15.0. The van der Waals surface area contributed by atoms with E-state index < -0.39 is 39.1 Å². The molecule has 4 aromatic rings. The van der Waals surface area contributed by atoms with Gasteiger partial charge in [-0.2, -0.15) is 0 Å². The van der Waals surface area contributed by atoms with E-state index in [4.69, 9.17) is 21.1 Å². The van der Waals surface area contributed by atoms with E-state index >= 15 is 0 Å². The summed E-state index contributed by atoms with van der Waals surface area (Å²) in [4.78, 5) is 12.6. The maximum atomic E-state index is 15.0. The molecule has 11 nitrogen and oxygen atoms in total. The normalized spacial score (nSPS) is 16.4. The minimum atomic E-state index is -4.26. The molecule has 0 aliphatic carbocycles. The Bertz CT molecular complexity index is 1640. The summed E-state index contributed by atoms with van der Waals surface area (Å²) < 4.78 is 71.8. The molecule has 15 heteroatoms. The van der Waals surface area contributed by atoms with Crippen LogP contribution in [0.3, 0.4) is 0 Å². The smallest absolute Gasteiger partial charge is 0.240 e. The van der Waals surface area contributed by atoms with Crippen LogP contribution in [-0.2, 0) is 14.8 Å². The number of fused-ring (bicyclic) bond motifs is 3. The van der Waals surface area contributed by atoms with Crippen LogP contribution in [0.25, 0.3) is 11.5 Å². The first-order chi connectivity index (χ1) is 19.0. The van der Waals surface area contributed by atoms with Gasteiger partial charge in [0, 0.05) is 30.2 Å². The Kier molecular flexibility index (Phi) is 7.66. The number of pyridine rings is 1. The highest BCUT2D eigenvalue weighted by Crippen LogP contribution is 2.38. The molecule has 1 aromatic carbocycles. The molecule has 210 valence electrons. The van der Waals surface area contributed by atoms with Gasteiger partial charge >= 0.3 is 0 Å². The quantitative estimate of drug-likeness (QED) is 0.317. The van der Waals surface area contributed by atoms with E-state index in [1.807, 2.05) is 0 Å². The molecule has 0 bridgehead atoms. The van der Waals surface area contributed by atoms with E-state index in [2.05, 4.69) is 29.9 Å². The minimum Gasteiger partial charge on any atom is -0.489 e. The molecule has 0 saturated heterocycles. The zero-order valence-electron chi connectivity index (χ0n) is 21.5. The number of ether oxygens (including phenoxy) is 2. The fraction of sp³-hybridized carbons (Fsp3) is 0.320. The number of anilines is 1. The van der Waals surface area contributed by atoms with E-state index in [0.717, 1.165) is 12.1 Å². The molecule has 1 aliphatic rings. The molecule has 0 unspecified atom stereocenters. The van der Waals surface area contributed by atoms with Gasteiger partial charge in [0.25, 0.3) is 0 Å². The van der Waals surface area contributed by atoms with Crippen LogP contribution in [0.1, 0.15) is 44.3 Å². The first-order valence-corrected chi connectivity index (χ1v) is 14.1. The van der Waals surface area contributed by atoms with E-state index in [9.17, 15) is 17.2 Å². The SMILES string of the molecule is CC(C)O[C@@H](c1ncc(Cl)cn1)[C@H](C)S(=O)(=O)Nc1nnc2n1[C@H](c1ccc(F)cc1F)COc1cccnc1-2. The highest BCUT2D eigenvalue weighted by Gasteiger charge is 2.37. The van der Waals surface area contributed by atoms with Crippen LogP contribution in [0.5, 0.6) is 5.75 Å². The van der Waals surface area contributed by atoms with Crippen LogP contribution in [0, 0.1) is 11.6 Å². The summed E-state index contributed by atoms with van der Waals surface area (Å²) in [5.41, 5.74) is 0.313. The van der Waals surface area contributed by atoms with Crippen molar-refractivity contribution < 1.29 is 26.7 Å². The second-order valence-corrected chi connectivity index (χ2v) is 11.8. The average molecular weight is 592 g/mol. The molecule has 0 spiro atoms. The van der Waals surface area contributed by atoms with Crippen molar-refractivity contribution in [3.8, 4) is 17.3 Å². The van der Waals surface area contributed by atoms with Gasteiger partial charge in [0.05, 0.1) is 11.1 Å². The van der Waals surface area contributed by atoms with Crippen LogP contribution in [0.4, 0.5) is 14.7 Å². The van der Waals surface area contributed by atoms with Gasteiger partial charge in [-0.15, -0.1) is 10.2 Å². The van der Waals surface area contributed by atoms with Gasteiger partial charge in [-0.25, -0.2) is 32.2 Å². The van der Waals surface area contributed by atoms with Crippen molar-refractivity contribution in [1.29, 1.82) is 0 Å². The monoisotopic (exact) mass is 591 g/mol. The van der Waals surface area contributed by atoms with Crippen molar-refractivity contribution in [3.05, 3.63) is 77.0 Å². The zero-order valence-corrected chi connectivity index (χ0v) is 23.1. The Morgan fingerprint density at radius 3 is 2.58 bits per heavy atom. The predicted molar refractivity (Wildman–Crippen MR) is 141 cm³/mol. The second-order valence-electron chi connectivity index (χ2n) is 9.28.